The van der Waals surface area contributed by atoms with Crippen LogP contribution in [0.15, 0.2) is 54.6 Å². The second-order valence-electron chi connectivity index (χ2n) is 4.60. The molecule has 0 amide bonds. The molecule has 0 heterocycles. The number of hydrogen-bond donors (Lipinski definition) is 1. The number of para-hydroxylation sites is 1. The molecule has 0 fully saturated rings. The molecule has 0 spiro atoms. The highest BCUT2D eigenvalue weighted by molar-refractivity contribution is 5.70. The van der Waals surface area contributed by atoms with Gasteiger partial charge in [-0.3, -0.25) is 0 Å². The van der Waals surface area contributed by atoms with Gasteiger partial charge in [0.1, 0.15) is 11.9 Å². The highest BCUT2D eigenvalue weighted by atomic mass is 16.5. The van der Waals surface area contributed by atoms with Crippen LogP contribution in [0.3, 0.4) is 0 Å². The number of ether oxygens (including phenoxy) is 1. The van der Waals surface area contributed by atoms with Crippen molar-refractivity contribution in [2.75, 3.05) is 13.1 Å². The molecule has 0 bridgehead atoms. The van der Waals surface area contributed by atoms with Crippen molar-refractivity contribution in [2.24, 2.45) is 0 Å². The van der Waals surface area contributed by atoms with Crippen LogP contribution in [0.25, 0.3) is 11.1 Å². The minimum Gasteiger partial charge on any atom is -0.489 e. The van der Waals surface area contributed by atoms with E-state index in [1.807, 2.05) is 36.4 Å². The van der Waals surface area contributed by atoms with Gasteiger partial charge in [-0.25, -0.2) is 0 Å². The van der Waals surface area contributed by atoms with Gasteiger partial charge in [-0.05, 0) is 25.1 Å². The van der Waals surface area contributed by atoms with Crippen molar-refractivity contribution in [1.82, 2.24) is 5.32 Å². The summed E-state index contributed by atoms with van der Waals surface area (Å²) in [5, 5.41) is 3.30. The molecule has 0 aliphatic heterocycles. The molecule has 1 N–H and O–H groups in total. The minimum absolute atomic E-state index is 0.157. The van der Waals surface area contributed by atoms with Gasteiger partial charge in [0.25, 0.3) is 0 Å². The second kappa shape index (κ2) is 6.95. The van der Waals surface area contributed by atoms with Gasteiger partial charge < -0.3 is 10.1 Å². The number of rotatable bonds is 6. The van der Waals surface area contributed by atoms with Crippen molar-refractivity contribution in [1.29, 1.82) is 0 Å². The van der Waals surface area contributed by atoms with Gasteiger partial charge >= 0.3 is 0 Å². The van der Waals surface area contributed by atoms with Crippen LogP contribution in [0.4, 0.5) is 0 Å². The summed E-state index contributed by atoms with van der Waals surface area (Å²) in [6.45, 7) is 6.02. The maximum atomic E-state index is 6.04. The molecule has 1 atom stereocenters. The third kappa shape index (κ3) is 3.83. The Hall–Kier alpha value is -1.80. The zero-order valence-electron chi connectivity index (χ0n) is 11.6. The first-order chi connectivity index (χ1) is 9.31. The van der Waals surface area contributed by atoms with Crippen molar-refractivity contribution in [3.63, 3.8) is 0 Å². The molecule has 0 radical (unpaired) electrons. The Labute approximate surface area is 115 Å². The van der Waals surface area contributed by atoms with Gasteiger partial charge in [0.2, 0.25) is 0 Å². The van der Waals surface area contributed by atoms with E-state index in [0.717, 1.165) is 24.4 Å². The van der Waals surface area contributed by atoms with Crippen molar-refractivity contribution in [2.45, 2.75) is 20.0 Å². The third-order valence-electron chi connectivity index (χ3n) is 2.98. The van der Waals surface area contributed by atoms with Crippen LogP contribution >= 0.6 is 0 Å². The SMILES string of the molecule is CCNCC(C)Oc1ccccc1-c1ccccc1. The summed E-state index contributed by atoms with van der Waals surface area (Å²) in [4.78, 5) is 0. The molecule has 0 aromatic heterocycles. The van der Waals surface area contributed by atoms with Gasteiger partial charge in [-0.15, -0.1) is 0 Å². The molecule has 0 saturated carbocycles. The summed E-state index contributed by atoms with van der Waals surface area (Å²) in [7, 11) is 0. The van der Waals surface area contributed by atoms with E-state index >= 15 is 0 Å². The van der Waals surface area contributed by atoms with E-state index in [2.05, 4.69) is 37.4 Å². The van der Waals surface area contributed by atoms with Gasteiger partial charge in [-0.1, -0.05) is 55.5 Å². The lowest BCUT2D eigenvalue weighted by atomic mass is 10.0. The molecule has 2 aromatic rings. The van der Waals surface area contributed by atoms with E-state index in [0.29, 0.717) is 0 Å². The second-order valence-corrected chi connectivity index (χ2v) is 4.60. The van der Waals surface area contributed by atoms with Crippen molar-refractivity contribution in [3.05, 3.63) is 54.6 Å². The molecule has 100 valence electrons. The summed E-state index contributed by atoms with van der Waals surface area (Å²) in [6.07, 6.45) is 0.157. The Morgan fingerprint density at radius 3 is 2.42 bits per heavy atom. The van der Waals surface area contributed by atoms with Crippen LogP contribution in [0.1, 0.15) is 13.8 Å². The Kier molecular flexibility index (Phi) is 4.99. The molecule has 2 rings (SSSR count). The van der Waals surface area contributed by atoms with E-state index in [1.54, 1.807) is 0 Å². The standard InChI is InChI=1S/C17H21NO/c1-3-18-13-14(2)19-17-12-8-7-11-16(17)15-9-5-4-6-10-15/h4-12,14,18H,3,13H2,1-2H3. The topological polar surface area (TPSA) is 21.3 Å². The van der Waals surface area contributed by atoms with Crippen molar-refractivity contribution < 1.29 is 4.74 Å². The summed E-state index contributed by atoms with van der Waals surface area (Å²) in [5.74, 6) is 0.944. The normalized spacial score (nSPS) is 12.1. The Morgan fingerprint density at radius 2 is 1.68 bits per heavy atom. The Morgan fingerprint density at radius 1 is 1.00 bits per heavy atom. The van der Waals surface area contributed by atoms with Gasteiger partial charge in [-0.2, -0.15) is 0 Å². The lowest BCUT2D eigenvalue weighted by Crippen LogP contribution is -2.28. The van der Waals surface area contributed by atoms with Crippen LogP contribution in [0, 0.1) is 0 Å². The largest absolute Gasteiger partial charge is 0.489 e. The summed E-state index contributed by atoms with van der Waals surface area (Å²) in [6, 6.07) is 18.5. The first kappa shape index (κ1) is 13.6. The number of benzene rings is 2. The van der Waals surface area contributed by atoms with Gasteiger partial charge in [0, 0.05) is 12.1 Å². The molecule has 0 aliphatic carbocycles. The quantitative estimate of drug-likeness (QED) is 0.849. The molecule has 2 nitrogen and oxygen atoms in total. The number of likely N-dealkylation sites (N-methyl/N-ethyl adjacent to an activating group) is 1. The van der Waals surface area contributed by atoms with Crippen LogP contribution in [-0.2, 0) is 0 Å². The van der Waals surface area contributed by atoms with Crippen LogP contribution in [0.2, 0.25) is 0 Å². The van der Waals surface area contributed by atoms with Crippen LogP contribution in [0.5, 0.6) is 5.75 Å². The highest BCUT2D eigenvalue weighted by Crippen LogP contribution is 2.30. The first-order valence-corrected chi connectivity index (χ1v) is 6.83. The fraction of sp³-hybridized carbons (Fsp3) is 0.294. The number of hydrogen-bond acceptors (Lipinski definition) is 2. The van der Waals surface area contributed by atoms with E-state index in [-0.39, 0.29) is 6.10 Å². The van der Waals surface area contributed by atoms with Crippen molar-refractivity contribution >= 4 is 0 Å². The highest BCUT2D eigenvalue weighted by Gasteiger charge is 2.08. The zero-order valence-corrected chi connectivity index (χ0v) is 11.6. The summed E-state index contributed by atoms with van der Waals surface area (Å²) >= 11 is 0. The van der Waals surface area contributed by atoms with Gasteiger partial charge in [0.15, 0.2) is 0 Å². The third-order valence-corrected chi connectivity index (χ3v) is 2.98. The first-order valence-electron chi connectivity index (χ1n) is 6.83. The number of nitrogens with one attached hydrogen (secondary N) is 1. The average Bonchev–Trinajstić information content (AvgIpc) is 2.46. The molecule has 0 saturated heterocycles. The zero-order chi connectivity index (χ0) is 13.5. The average molecular weight is 255 g/mol. The summed E-state index contributed by atoms with van der Waals surface area (Å²) in [5.41, 5.74) is 2.33. The molecular weight excluding hydrogens is 234 g/mol. The molecule has 1 unspecified atom stereocenters. The van der Waals surface area contributed by atoms with Crippen LogP contribution in [-0.4, -0.2) is 19.2 Å². The smallest absolute Gasteiger partial charge is 0.127 e. The lowest BCUT2D eigenvalue weighted by molar-refractivity contribution is 0.219. The molecule has 0 aliphatic rings. The van der Waals surface area contributed by atoms with E-state index < -0.39 is 0 Å². The monoisotopic (exact) mass is 255 g/mol. The van der Waals surface area contributed by atoms with E-state index in [9.17, 15) is 0 Å². The molecule has 2 aromatic carbocycles. The fourth-order valence-electron chi connectivity index (χ4n) is 2.03. The maximum Gasteiger partial charge on any atom is 0.127 e. The fourth-order valence-corrected chi connectivity index (χ4v) is 2.03. The van der Waals surface area contributed by atoms with E-state index in [1.165, 1.54) is 5.56 Å². The Balaban J connectivity index is 2.17. The Bertz CT molecular complexity index is 496. The summed E-state index contributed by atoms with van der Waals surface area (Å²) < 4.78 is 6.04. The predicted octanol–water partition coefficient (Wildman–Crippen LogP) is 3.73. The minimum atomic E-state index is 0.157. The predicted molar refractivity (Wildman–Crippen MR) is 80.5 cm³/mol. The lowest BCUT2D eigenvalue weighted by Gasteiger charge is -2.17. The van der Waals surface area contributed by atoms with Crippen molar-refractivity contribution in [3.8, 4) is 16.9 Å². The molecule has 19 heavy (non-hydrogen) atoms. The van der Waals surface area contributed by atoms with Gasteiger partial charge in [0.05, 0.1) is 0 Å². The molecule has 2 heteroatoms. The van der Waals surface area contributed by atoms with E-state index in [4.69, 9.17) is 4.74 Å². The van der Waals surface area contributed by atoms with Crippen LogP contribution < -0.4 is 10.1 Å². The maximum absolute atomic E-state index is 6.04. The molecular formula is C17H21NO.